The summed E-state index contributed by atoms with van der Waals surface area (Å²) in [4.78, 5) is -0.0227. The largest absolute Gasteiger partial charge is 0.396 e. The minimum atomic E-state index is -3.77. The number of nitrogen functional groups attached to an aromatic ring is 1. The second-order valence-electron chi connectivity index (χ2n) is 4.96. The van der Waals surface area contributed by atoms with Gasteiger partial charge in [0.25, 0.3) is 0 Å². The average molecular weight is 299 g/mol. The number of hydrogen-bond donors (Lipinski definition) is 3. The van der Waals surface area contributed by atoms with E-state index in [0.29, 0.717) is 5.69 Å². The molecule has 0 fully saturated rings. The van der Waals surface area contributed by atoms with Crippen molar-refractivity contribution >= 4 is 21.4 Å². The Bertz CT molecular complexity index is 515. The number of rotatable bonds is 9. The first kappa shape index (κ1) is 16.8. The van der Waals surface area contributed by atoms with Crippen LogP contribution in [0.4, 0.5) is 11.4 Å². The van der Waals surface area contributed by atoms with Gasteiger partial charge in [-0.05, 0) is 18.6 Å². The molecule has 0 saturated carbocycles. The van der Waals surface area contributed by atoms with Crippen LogP contribution in [-0.4, -0.2) is 15.0 Å². The van der Waals surface area contributed by atoms with E-state index in [4.69, 9.17) is 10.9 Å². The predicted octanol–water partition coefficient (Wildman–Crippen LogP) is 2.69. The minimum absolute atomic E-state index is 0.0227. The van der Waals surface area contributed by atoms with E-state index < -0.39 is 10.0 Å². The first-order valence-corrected chi connectivity index (χ1v) is 8.66. The fraction of sp³-hybridized carbons (Fsp3) is 0.571. The normalized spacial score (nSPS) is 11.5. The maximum absolute atomic E-state index is 11.4. The highest BCUT2D eigenvalue weighted by Gasteiger charge is 2.14. The molecule has 6 heteroatoms. The van der Waals surface area contributed by atoms with E-state index in [1.165, 1.54) is 38.2 Å². The topological polar surface area (TPSA) is 98.2 Å². The predicted molar refractivity (Wildman–Crippen MR) is 84.1 cm³/mol. The Labute approximate surface area is 121 Å². The third kappa shape index (κ3) is 5.38. The Balaban J connectivity index is 2.45. The van der Waals surface area contributed by atoms with E-state index in [0.717, 1.165) is 13.0 Å². The summed E-state index contributed by atoms with van der Waals surface area (Å²) in [5.41, 5.74) is 6.65. The van der Waals surface area contributed by atoms with Gasteiger partial charge in [0.2, 0.25) is 10.0 Å². The van der Waals surface area contributed by atoms with Crippen molar-refractivity contribution in [3.8, 4) is 0 Å². The molecular weight excluding hydrogens is 274 g/mol. The molecule has 0 aliphatic heterocycles. The molecule has 1 aromatic rings. The summed E-state index contributed by atoms with van der Waals surface area (Å²) >= 11 is 0. The highest BCUT2D eigenvalue weighted by atomic mass is 32.2. The summed E-state index contributed by atoms with van der Waals surface area (Å²) < 4.78 is 22.7. The zero-order chi connectivity index (χ0) is 15.0. The Morgan fingerprint density at radius 2 is 1.75 bits per heavy atom. The van der Waals surface area contributed by atoms with Gasteiger partial charge in [-0.15, -0.1) is 0 Å². The summed E-state index contributed by atoms with van der Waals surface area (Å²) in [6.45, 7) is 2.98. The molecule has 20 heavy (non-hydrogen) atoms. The van der Waals surface area contributed by atoms with Gasteiger partial charge >= 0.3 is 0 Å². The van der Waals surface area contributed by atoms with Crippen LogP contribution in [0.1, 0.15) is 45.4 Å². The summed E-state index contributed by atoms with van der Waals surface area (Å²) in [7, 11) is -3.77. The molecular formula is C14H25N3O2S. The second-order valence-corrected chi connectivity index (χ2v) is 6.49. The van der Waals surface area contributed by atoms with Gasteiger partial charge in [-0.25, -0.2) is 13.6 Å². The molecule has 0 radical (unpaired) electrons. The standard InChI is InChI=1S/C14H25N3O2S/c1-2-3-4-5-6-7-11-17-12-9-8-10-13(14(12)15)20(16,18)19/h8-10,17H,2-7,11,15H2,1H3,(H2,16,18,19). The third-order valence-electron chi connectivity index (χ3n) is 3.22. The summed E-state index contributed by atoms with van der Waals surface area (Å²) in [5, 5.41) is 8.29. The lowest BCUT2D eigenvalue weighted by Crippen LogP contribution is -2.15. The number of benzene rings is 1. The lowest BCUT2D eigenvalue weighted by molar-refractivity contribution is 0.598. The third-order valence-corrected chi connectivity index (χ3v) is 4.19. The molecule has 114 valence electrons. The molecule has 0 saturated heterocycles. The lowest BCUT2D eigenvalue weighted by atomic mass is 10.1. The van der Waals surface area contributed by atoms with Crippen LogP contribution in [0.3, 0.4) is 0 Å². The van der Waals surface area contributed by atoms with Crippen molar-refractivity contribution in [2.75, 3.05) is 17.6 Å². The summed E-state index contributed by atoms with van der Waals surface area (Å²) in [5.74, 6) is 0. The molecule has 5 nitrogen and oxygen atoms in total. The first-order valence-electron chi connectivity index (χ1n) is 7.12. The van der Waals surface area contributed by atoms with Crippen molar-refractivity contribution in [3.63, 3.8) is 0 Å². The average Bonchev–Trinajstić information content (AvgIpc) is 2.38. The number of anilines is 2. The van der Waals surface area contributed by atoms with Crippen molar-refractivity contribution in [2.45, 2.75) is 50.3 Å². The number of unbranched alkanes of at least 4 members (excludes halogenated alkanes) is 5. The van der Waals surface area contributed by atoms with E-state index >= 15 is 0 Å². The maximum atomic E-state index is 11.4. The second kappa shape index (κ2) is 8.11. The van der Waals surface area contributed by atoms with Gasteiger partial charge < -0.3 is 11.1 Å². The monoisotopic (exact) mass is 299 g/mol. The molecule has 0 aliphatic carbocycles. The van der Waals surface area contributed by atoms with Gasteiger partial charge in [-0.2, -0.15) is 0 Å². The first-order chi connectivity index (χ1) is 9.46. The summed E-state index contributed by atoms with van der Waals surface area (Å²) in [6.07, 6.45) is 7.26. The van der Waals surface area contributed by atoms with Crippen LogP contribution in [0.15, 0.2) is 23.1 Å². The molecule has 0 bridgehead atoms. The van der Waals surface area contributed by atoms with Gasteiger partial charge in [-0.1, -0.05) is 45.1 Å². The van der Waals surface area contributed by atoms with Crippen molar-refractivity contribution < 1.29 is 8.42 Å². The van der Waals surface area contributed by atoms with Gasteiger partial charge in [0.05, 0.1) is 11.4 Å². The maximum Gasteiger partial charge on any atom is 0.240 e. The van der Waals surface area contributed by atoms with Gasteiger partial charge in [0.1, 0.15) is 4.90 Å². The van der Waals surface area contributed by atoms with E-state index in [1.807, 2.05) is 0 Å². The molecule has 0 heterocycles. The Morgan fingerprint density at radius 3 is 2.40 bits per heavy atom. The van der Waals surface area contributed by atoms with Crippen LogP contribution in [0, 0.1) is 0 Å². The number of sulfonamides is 1. The van der Waals surface area contributed by atoms with Crippen LogP contribution < -0.4 is 16.2 Å². The van der Waals surface area contributed by atoms with Gasteiger partial charge in [0, 0.05) is 6.54 Å². The van der Waals surface area contributed by atoms with Gasteiger partial charge in [-0.3, -0.25) is 0 Å². The number of nitrogens with one attached hydrogen (secondary N) is 1. The molecule has 0 spiro atoms. The zero-order valence-corrected chi connectivity index (χ0v) is 12.9. The number of hydrogen-bond acceptors (Lipinski definition) is 4. The van der Waals surface area contributed by atoms with Crippen molar-refractivity contribution in [1.29, 1.82) is 0 Å². The number of primary sulfonamides is 1. The Hall–Kier alpha value is -1.27. The van der Waals surface area contributed by atoms with Crippen LogP contribution in [0.2, 0.25) is 0 Å². The van der Waals surface area contributed by atoms with Crippen molar-refractivity contribution in [2.24, 2.45) is 5.14 Å². The Kier molecular flexibility index (Phi) is 6.81. The zero-order valence-electron chi connectivity index (χ0n) is 12.1. The van der Waals surface area contributed by atoms with Crippen LogP contribution in [-0.2, 0) is 10.0 Å². The van der Waals surface area contributed by atoms with E-state index in [-0.39, 0.29) is 10.6 Å². The number of nitrogens with two attached hydrogens (primary N) is 2. The molecule has 5 N–H and O–H groups in total. The lowest BCUT2D eigenvalue weighted by Gasteiger charge is -2.11. The molecule has 0 unspecified atom stereocenters. The molecule has 0 aromatic heterocycles. The molecule has 0 aliphatic rings. The Morgan fingerprint density at radius 1 is 1.10 bits per heavy atom. The van der Waals surface area contributed by atoms with Crippen LogP contribution >= 0.6 is 0 Å². The SMILES string of the molecule is CCCCCCCCNc1cccc(S(N)(=O)=O)c1N. The summed E-state index contributed by atoms with van der Waals surface area (Å²) in [6, 6.07) is 4.82. The van der Waals surface area contributed by atoms with Crippen LogP contribution in [0.5, 0.6) is 0 Å². The van der Waals surface area contributed by atoms with E-state index in [1.54, 1.807) is 12.1 Å². The minimum Gasteiger partial charge on any atom is -0.396 e. The highest BCUT2D eigenvalue weighted by Crippen LogP contribution is 2.25. The van der Waals surface area contributed by atoms with Crippen LogP contribution in [0.25, 0.3) is 0 Å². The molecule has 1 rings (SSSR count). The van der Waals surface area contributed by atoms with E-state index in [9.17, 15) is 8.42 Å². The fourth-order valence-corrected chi connectivity index (χ4v) is 2.76. The smallest absolute Gasteiger partial charge is 0.240 e. The van der Waals surface area contributed by atoms with E-state index in [2.05, 4.69) is 12.2 Å². The van der Waals surface area contributed by atoms with Crippen molar-refractivity contribution in [1.82, 2.24) is 0 Å². The number of para-hydroxylation sites is 1. The highest BCUT2D eigenvalue weighted by molar-refractivity contribution is 7.89. The van der Waals surface area contributed by atoms with Crippen molar-refractivity contribution in [3.05, 3.63) is 18.2 Å². The molecule has 0 atom stereocenters. The van der Waals surface area contributed by atoms with Gasteiger partial charge in [0.15, 0.2) is 0 Å². The fourth-order valence-electron chi connectivity index (χ4n) is 2.07. The molecule has 0 amide bonds. The molecule has 1 aromatic carbocycles. The quantitative estimate of drug-likeness (QED) is 0.482.